The van der Waals surface area contributed by atoms with Gasteiger partial charge in [0.1, 0.15) is 5.75 Å². The Morgan fingerprint density at radius 3 is 2.17 bits per heavy atom. The number of hydrogen-bond donors (Lipinski definition) is 2. The van der Waals surface area contributed by atoms with E-state index < -0.39 is 22.0 Å². The van der Waals surface area contributed by atoms with Crippen LogP contribution >= 0.6 is 0 Å². The van der Waals surface area contributed by atoms with Gasteiger partial charge in [0.25, 0.3) is 11.8 Å². The molecule has 30 heavy (non-hydrogen) atoms. The largest absolute Gasteiger partial charge is 0.481 e. The van der Waals surface area contributed by atoms with Gasteiger partial charge in [-0.15, -0.1) is 0 Å². The number of carbonyl (C=O) groups excluding carboxylic acids is 2. The Kier molecular flexibility index (Phi) is 7.44. The van der Waals surface area contributed by atoms with E-state index in [1.807, 2.05) is 13.8 Å². The summed E-state index contributed by atoms with van der Waals surface area (Å²) in [7, 11) is -1.91. The number of carbonyl (C=O) groups is 2. The van der Waals surface area contributed by atoms with E-state index in [1.165, 1.54) is 7.05 Å². The fraction of sp³-hybridized carbons (Fsp3) is 0.333. The van der Waals surface area contributed by atoms with Gasteiger partial charge < -0.3 is 15.4 Å². The summed E-state index contributed by atoms with van der Waals surface area (Å²) in [5, 5.41) is 5.52. The van der Waals surface area contributed by atoms with Gasteiger partial charge in [0.05, 0.1) is 23.2 Å². The van der Waals surface area contributed by atoms with Crippen molar-refractivity contribution in [2.24, 2.45) is 0 Å². The van der Waals surface area contributed by atoms with E-state index >= 15 is 0 Å². The maximum atomic E-state index is 12.6. The normalized spacial score (nSPS) is 12.2. The minimum absolute atomic E-state index is 0.0340. The third-order valence-corrected chi connectivity index (χ3v) is 5.43. The van der Waals surface area contributed by atoms with Crippen molar-refractivity contribution in [1.82, 2.24) is 5.32 Å². The van der Waals surface area contributed by atoms with Gasteiger partial charge in [-0.1, -0.05) is 12.1 Å². The number of rotatable bonds is 8. The molecule has 2 rings (SSSR count). The summed E-state index contributed by atoms with van der Waals surface area (Å²) in [6, 6.07) is 13.1. The first kappa shape index (κ1) is 23.2. The van der Waals surface area contributed by atoms with E-state index in [0.717, 1.165) is 10.6 Å². The quantitative estimate of drug-likeness (QED) is 0.666. The molecule has 0 heterocycles. The van der Waals surface area contributed by atoms with Crippen LogP contribution in [0.4, 0.5) is 11.4 Å². The van der Waals surface area contributed by atoms with Gasteiger partial charge in [-0.3, -0.25) is 13.9 Å². The van der Waals surface area contributed by atoms with Gasteiger partial charge in [-0.25, -0.2) is 8.42 Å². The molecule has 2 aromatic carbocycles. The van der Waals surface area contributed by atoms with Crippen molar-refractivity contribution in [1.29, 1.82) is 0 Å². The van der Waals surface area contributed by atoms with Crippen molar-refractivity contribution >= 4 is 33.2 Å². The van der Waals surface area contributed by atoms with E-state index in [1.54, 1.807) is 55.5 Å². The topological polar surface area (TPSA) is 105 Å². The average Bonchev–Trinajstić information content (AvgIpc) is 2.67. The number of nitrogens with zero attached hydrogens (tertiary/aromatic N) is 1. The first-order chi connectivity index (χ1) is 14.0. The van der Waals surface area contributed by atoms with Crippen LogP contribution in [-0.2, 0) is 14.8 Å². The molecule has 2 N–H and O–H groups in total. The lowest BCUT2D eigenvalue weighted by Crippen LogP contribution is -2.33. The molecule has 0 aliphatic rings. The third kappa shape index (κ3) is 6.21. The van der Waals surface area contributed by atoms with Crippen LogP contribution in [-0.4, -0.2) is 45.7 Å². The second kappa shape index (κ2) is 9.62. The molecule has 0 aromatic heterocycles. The first-order valence-electron chi connectivity index (χ1n) is 9.40. The van der Waals surface area contributed by atoms with E-state index in [-0.39, 0.29) is 11.9 Å². The van der Waals surface area contributed by atoms with Crippen molar-refractivity contribution in [3.8, 4) is 5.75 Å². The highest BCUT2D eigenvalue weighted by molar-refractivity contribution is 7.92. The summed E-state index contributed by atoms with van der Waals surface area (Å²) in [5.41, 5.74) is 1.23. The number of anilines is 2. The summed E-state index contributed by atoms with van der Waals surface area (Å²) < 4.78 is 30.0. The molecule has 9 heteroatoms. The van der Waals surface area contributed by atoms with Crippen LogP contribution in [0.25, 0.3) is 0 Å². The number of sulfonamides is 1. The Morgan fingerprint density at radius 2 is 1.60 bits per heavy atom. The molecule has 2 aromatic rings. The highest BCUT2D eigenvalue weighted by Gasteiger charge is 2.19. The Morgan fingerprint density at radius 1 is 1.00 bits per heavy atom. The Balaban J connectivity index is 2.06. The minimum atomic E-state index is -3.36. The van der Waals surface area contributed by atoms with Gasteiger partial charge in [0.15, 0.2) is 6.10 Å². The highest BCUT2D eigenvalue weighted by Crippen LogP contribution is 2.22. The number of para-hydroxylation sites is 1. The van der Waals surface area contributed by atoms with Gasteiger partial charge in [-0.05, 0) is 57.2 Å². The van der Waals surface area contributed by atoms with Crippen LogP contribution in [0.2, 0.25) is 0 Å². The number of nitrogens with one attached hydrogen (secondary N) is 2. The number of amides is 2. The van der Waals surface area contributed by atoms with Gasteiger partial charge in [0, 0.05) is 13.1 Å². The number of hydrogen-bond acceptors (Lipinski definition) is 5. The summed E-state index contributed by atoms with van der Waals surface area (Å²) in [4.78, 5) is 24.9. The molecule has 2 amide bonds. The molecular formula is C21H27N3O5S. The Hall–Kier alpha value is -3.07. The van der Waals surface area contributed by atoms with Crippen molar-refractivity contribution in [3.05, 3.63) is 54.1 Å². The smallest absolute Gasteiger partial charge is 0.265 e. The number of ether oxygens (including phenoxy) is 1. The zero-order chi connectivity index (χ0) is 22.5. The van der Waals surface area contributed by atoms with Gasteiger partial charge >= 0.3 is 0 Å². The molecule has 0 aliphatic carbocycles. The standard InChI is InChI=1S/C21H27N3O5S/c1-14(2)22-21(26)18-8-6-7-9-19(18)23-20(25)15(3)29-17-12-10-16(11-13-17)24(4)30(5,27)28/h6-15H,1-5H3,(H,22,26)(H,23,25)/t15-/m0/s1. The molecule has 8 nitrogen and oxygen atoms in total. The molecule has 0 fully saturated rings. The van der Waals surface area contributed by atoms with Crippen molar-refractivity contribution < 1.29 is 22.7 Å². The van der Waals surface area contributed by atoms with Crippen LogP contribution in [0.5, 0.6) is 5.75 Å². The van der Waals surface area contributed by atoms with Crippen LogP contribution in [0, 0.1) is 0 Å². The summed E-state index contributed by atoms with van der Waals surface area (Å²) in [5.74, 6) is -0.286. The van der Waals surface area contributed by atoms with Crippen LogP contribution in [0.1, 0.15) is 31.1 Å². The van der Waals surface area contributed by atoms with Crippen LogP contribution in [0.3, 0.4) is 0 Å². The molecule has 0 bridgehead atoms. The summed E-state index contributed by atoms with van der Waals surface area (Å²) in [6.45, 7) is 5.30. The monoisotopic (exact) mass is 433 g/mol. The van der Waals surface area contributed by atoms with Crippen LogP contribution in [0.15, 0.2) is 48.5 Å². The predicted molar refractivity (Wildman–Crippen MR) is 117 cm³/mol. The van der Waals surface area contributed by atoms with E-state index in [2.05, 4.69) is 10.6 Å². The molecule has 1 atom stereocenters. The summed E-state index contributed by atoms with van der Waals surface area (Å²) >= 11 is 0. The molecular weight excluding hydrogens is 406 g/mol. The van der Waals surface area contributed by atoms with Crippen molar-refractivity contribution in [2.45, 2.75) is 32.9 Å². The molecule has 0 saturated carbocycles. The van der Waals surface area contributed by atoms with Gasteiger partial charge in [0.2, 0.25) is 10.0 Å². The molecule has 0 radical (unpaired) electrons. The average molecular weight is 434 g/mol. The second-order valence-electron chi connectivity index (χ2n) is 7.15. The Bertz CT molecular complexity index is 1000. The maximum absolute atomic E-state index is 12.6. The first-order valence-corrected chi connectivity index (χ1v) is 11.2. The second-order valence-corrected chi connectivity index (χ2v) is 9.16. The van der Waals surface area contributed by atoms with Gasteiger partial charge in [-0.2, -0.15) is 0 Å². The van der Waals surface area contributed by atoms with Crippen molar-refractivity contribution in [3.63, 3.8) is 0 Å². The zero-order valence-electron chi connectivity index (χ0n) is 17.7. The Labute approximate surface area is 177 Å². The minimum Gasteiger partial charge on any atom is -0.481 e. The third-order valence-electron chi connectivity index (χ3n) is 4.23. The lowest BCUT2D eigenvalue weighted by atomic mass is 10.1. The fourth-order valence-electron chi connectivity index (χ4n) is 2.55. The van der Waals surface area contributed by atoms with E-state index in [0.29, 0.717) is 22.7 Å². The molecule has 0 spiro atoms. The maximum Gasteiger partial charge on any atom is 0.265 e. The lowest BCUT2D eigenvalue weighted by Gasteiger charge is -2.19. The SMILES string of the molecule is CC(C)NC(=O)c1ccccc1NC(=O)[C@H](C)Oc1ccc(N(C)S(C)(=O)=O)cc1. The van der Waals surface area contributed by atoms with Crippen LogP contribution < -0.4 is 19.7 Å². The number of benzene rings is 2. The fourth-order valence-corrected chi connectivity index (χ4v) is 3.05. The lowest BCUT2D eigenvalue weighted by molar-refractivity contribution is -0.122. The van der Waals surface area contributed by atoms with E-state index in [4.69, 9.17) is 4.74 Å². The molecule has 0 aliphatic heterocycles. The highest BCUT2D eigenvalue weighted by atomic mass is 32.2. The molecule has 0 saturated heterocycles. The zero-order valence-corrected chi connectivity index (χ0v) is 18.5. The van der Waals surface area contributed by atoms with E-state index in [9.17, 15) is 18.0 Å². The molecule has 162 valence electrons. The van der Waals surface area contributed by atoms with Crippen molar-refractivity contribution in [2.75, 3.05) is 22.9 Å². The predicted octanol–water partition coefficient (Wildman–Crippen LogP) is 2.63. The molecule has 0 unspecified atom stereocenters. The summed E-state index contributed by atoms with van der Waals surface area (Å²) in [6.07, 6.45) is 0.271.